The summed E-state index contributed by atoms with van der Waals surface area (Å²) in [4.78, 5) is 22.5. The van der Waals surface area contributed by atoms with Crippen molar-refractivity contribution in [1.82, 2.24) is 10.2 Å². The molecule has 0 aromatic carbocycles. The second-order valence-corrected chi connectivity index (χ2v) is 4.77. The standard InChI is InChI=1S/C13H18N4O3/c1-2-20-13(19)8-3-4-9(7-8)15-11-6-5-10(12(14)18)16-17-11/h5-6,8-9H,2-4,7H2,1H3,(H2,14,18)(H,15,17). The number of aromatic nitrogens is 2. The Bertz CT molecular complexity index is 489. The molecule has 1 aliphatic rings. The quantitative estimate of drug-likeness (QED) is 0.768. The van der Waals surface area contributed by atoms with Gasteiger partial charge in [-0.2, -0.15) is 0 Å². The van der Waals surface area contributed by atoms with Crippen LogP contribution in [0.25, 0.3) is 0 Å². The molecule has 108 valence electrons. The molecule has 2 atom stereocenters. The molecule has 2 rings (SSSR count). The van der Waals surface area contributed by atoms with Gasteiger partial charge in [0.1, 0.15) is 5.82 Å². The van der Waals surface area contributed by atoms with Gasteiger partial charge in [-0.05, 0) is 38.3 Å². The summed E-state index contributed by atoms with van der Waals surface area (Å²) in [7, 11) is 0. The van der Waals surface area contributed by atoms with E-state index in [0.717, 1.165) is 19.3 Å². The molecule has 0 spiro atoms. The van der Waals surface area contributed by atoms with Crippen molar-refractivity contribution in [2.45, 2.75) is 32.2 Å². The second kappa shape index (κ2) is 6.31. The Morgan fingerprint density at radius 3 is 2.80 bits per heavy atom. The monoisotopic (exact) mass is 278 g/mol. The third kappa shape index (κ3) is 3.43. The van der Waals surface area contributed by atoms with E-state index >= 15 is 0 Å². The molecule has 1 saturated carbocycles. The number of nitrogens with two attached hydrogens (primary N) is 1. The highest BCUT2D eigenvalue weighted by Gasteiger charge is 2.31. The largest absolute Gasteiger partial charge is 0.466 e. The number of rotatable bonds is 5. The number of carbonyl (C=O) groups excluding carboxylic acids is 2. The van der Waals surface area contributed by atoms with Crippen molar-refractivity contribution in [3.8, 4) is 0 Å². The van der Waals surface area contributed by atoms with Crippen LogP contribution in [0.15, 0.2) is 12.1 Å². The summed E-state index contributed by atoms with van der Waals surface area (Å²) in [5, 5.41) is 10.8. The highest BCUT2D eigenvalue weighted by atomic mass is 16.5. The van der Waals surface area contributed by atoms with Crippen LogP contribution < -0.4 is 11.1 Å². The number of amides is 1. The fourth-order valence-electron chi connectivity index (χ4n) is 2.34. The minimum atomic E-state index is -0.604. The lowest BCUT2D eigenvalue weighted by Gasteiger charge is -2.13. The molecule has 7 nitrogen and oxygen atoms in total. The van der Waals surface area contributed by atoms with Gasteiger partial charge in [0.05, 0.1) is 12.5 Å². The molecule has 0 aliphatic heterocycles. The fraction of sp³-hybridized carbons (Fsp3) is 0.538. The van der Waals surface area contributed by atoms with Crippen LogP contribution in [0.2, 0.25) is 0 Å². The molecule has 1 heterocycles. The molecular weight excluding hydrogens is 260 g/mol. The number of nitrogens with one attached hydrogen (secondary N) is 1. The van der Waals surface area contributed by atoms with E-state index in [9.17, 15) is 9.59 Å². The summed E-state index contributed by atoms with van der Waals surface area (Å²) < 4.78 is 5.02. The average molecular weight is 278 g/mol. The summed E-state index contributed by atoms with van der Waals surface area (Å²) in [6, 6.07) is 3.35. The van der Waals surface area contributed by atoms with Gasteiger partial charge in [0.2, 0.25) is 0 Å². The smallest absolute Gasteiger partial charge is 0.308 e. The number of hydrogen-bond acceptors (Lipinski definition) is 6. The van der Waals surface area contributed by atoms with Crippen LogP contribution in [-0.2, 0) is 9.53 Å². The molecule has 0 saturated heterocycles. The minimum absolute atomic E-state index is 0.0506. The third-order valence-electron chi connectivity index (χ3n) is 3.32. The molecular formula is C13H18N4O3. The van der Waals surface area contributed by atoms with Crippen molar-refractivity contribution in [2.75, 3.05) is 11.9 Å². The lowest BCUT2D eigenvalue weighted by Crippen LogP contribution is -2.21. The molecule has 1 aliphatic carbocycles. The van der Waals surface area contributed by atoms with Crippen molar-refractivity contribution in [1.29, 1.82) is 0 Å². The molecule has 1 fully saturated rings. The molecule has 1 aromatic rings. The Hall–Kier alpha value is -2.18. The van der Waals surface area contributed by atoms with Crippen molar-refractivity contribution in [2.24, 2.45) is 11.7 Å². The van der Waals surface area contributed by atoms with Gasteiger partial charge in [-0.15, -0.1) is 10.2 Å². The van der Waals surface area contributed by atoms with E-state index in [0.29, 0.717) is 12.4 Å². The highest BCUT2D eigenvalue weighted by Crippen LogP contribution is 2.28. The predicted molar refractivity (Wildman–Crippen MR) is 71.9 cm³/mol. The summed E-state index contributed by atoms with van der Waals surface area (Å²) in [6.07, 6.45) is 2.41. The van der Waals surface area contributed by atoms with Gasteiger partial charge >= 0.3 is 5.97 Å². The Balaban J connectivity index is 1.88. The first-order chi connectivity index (χ1) is 9.60. The van der Waals surface area contributed by atoms with E-state index in [1.807, 2.05) is 0 Å². The maximum atomic E-state index is 11.6. The fourth-order valence-corrected chi connectivity index (χ4v) is 2.34. The number of hydrogen-bond donors (Lipinski definition) is 2. The van der Waals surface area contributed by atoms with Crippen LogP contribution in [0.4, 0.5) is 5.82 Å². The number of carbonyl (C=O) groups is 2. The molecule has 2 unspecified atom stereocenters. The number of primary amides is 1. The van der Waals surface area contributed by atoms with Crippen molar-refractivity contribution >= 4 is 17.7 Å². The first kappa shape index (κ1) is 14.2. The maximum Gasteiger partial charge on any atom is 0.308 e. The molecule has 1 amide bonds. The second-order valence-electron chi connectivity index (χ2n) is 4.77. The number of esters is 1. The Labute approximate surface area is 116 Å². The Morgan fingerprint density at radius 2 is 2.20 bits per heavy atom. The molecule has 7 heteroatoms. The molecule has 1 aromatic heterocycles. The highest BCUT2D eigenvalue weighted by molar-refractivity contribution is 5.90. The van der Waals surface area contributed by atoms with E-state index in [1.54, 1.807) is 13.0 Å². The summed E-state index contributed by atoms with van der Waals surface area (Å²) >= 11 is 0. The van der Waals surface area contributed by atoms with Gasteiger partial charge in [0.15, 0.2) is 5.69 Å². The van der Waals surface area contributed by atoms with Gasteiger partial charge in [-0.3, -0.25) is 9.59 Å². The van der Waals surface area contributed by atoms with E-state index < -0.39 is 5.91 Å². The van der Waals surface area contributed by atoms with E-state index in [-0.39, 0.29) is 23.6 Å². The van der Waals surface area contributed by atoms with Crippen LogP contribution in [0.3, 0.4) is 0 Å². The van der Waals surface area contributed by atoms with E-state index in [1.165, 1.54) is 6.07 Å². The summed E-state index contributed by atoms with van der Waals surface area (Å²) in [6.45, 7) is 2.21. The van der Waals surface area contributed by atoms with Gasteiger partial charge < -0.3 is 15.8 Å². The molecule has 3 N–H and O–H groups in total. The van der Waals surface area contributed by atoms with Crippen LogP contribution in [0, 0.1) is 5.92 Å². The number of nitrogens with zero attached hydrogens (tertiary/aromatic N) is 2. The maximum absolute atomic E-state index is 11.6. The van der Waals surface area contributed by atoms with Gasteiger partial charge in [-0.1, -0.05) is 0 Å². The molecule has 0 bridgehead atoms. The SMILES string of the molecule is CCOC(=O)C1CCC(Nc2ccc(C(N)=O)nn2)C1. The van der Waals surface area contributed by atoms with E-state index in [4.69, 9.17) is 10.5 Å². The lowest BCUT2D eigenvalue weighted by molar-refractivity contribution is -0.147. The number of ether oxygens (including phenoxy) is 1. The van der Waals surface area contributed by atoms with Crippen LogP contribution in [0.5, 0.6) is 0 Å². The minimum Gasteiger partial charge on any atom is -0.466 e. The van der Waals surface area contributed by atoms with Crippen LogP contribution in [0.1, 0.15) is 36.7 Å². The summed E-state index contributed by atoms with van der Waals surface area (Å²) in [5.74, 6) is -0.214. The lowest BCUT2D eigenvalue weighted by atomic mass is 10.1. The van der Waals surface area contributed by atoms with Gasteiger partial charge in [0, 0.05) is 6.04 Å². The zero-order valence-corrected chi connectivity index (χ0v) is 11.3. The zero-order valence-electron chi connectivity index (χ0n) is 11.3. The Morgan fingerprint density at radius 1 is 1.40 bits per heavy atom. The van der Waals surface area contributed by atoms with Crippen molar-refractivity contribution < 1.29 is 14.3 Å². The van der Waals surface area contributed by atoms with Gasteiger partial charge in [0.25, 0.3) is 5.91 Å². The first-order valence-electron chi connectivity index (χ1n) is 6.67. The number of anilines is 1. The third-order valence-corrected chi connectivity index (χ3v) is 3.32. The van der Waals surface area contributed by atoms with E-state index in [2.05, 4.69) is 15.5 Å². The topological polar surface area (TPSA) is 107 Å². The first-order valence-corrected chi connectivity index (χ1v) is 6.67. The van der Waals surface area contributed by atoms with Crippen LogP contribution >= 0.6 is 0 Å². The zero-order chi connectivity index (χ0) is 14.5. The Kier molecular flexibility index (Phi) is 4.49. The predicted octanol–water partition coefficient (Wildman–Crippen LogP) is 0.719. The average Bonchev–Trinajstić information content (AvgIpc) is 2.88. The van der Waals surface area contributed by atoms with Gasteiger partial charge in [-0.25, -0.2) is 0 Å². The van der Waals surface area contributed by atoms with Crippen molar-refractivity contribution in [3.05, 3.63) is 17.8 Å². The molecule has 0 radical (unpaired) electrons. The normalized spacial score (nSPS) is 21.4. The van der Waals surface area contributed by atoms with Crippen molar-refractivity contribution in [3.63, 3.8) is 0 Å². The van der Waals surface area contributed by atoms with Crippen LogP contribution in [-0.4, -0.2) is 34.7 Å². The summed E-state index contributed by atoms with van der Waals surface area (Å²) in [5.41, 5.74) is 5.23. The molecule has 20 heavy (non-hydrogen) atoms.